The summed E-state index contributed by atoms with van der Waals surface area (Å²) >= 11 is 8.99. The largest absolute Gasteiger partial charge is 0.322 e. The van der Waals surface area contributed by atoms with Crippen molar-refractivity contribution in [3.8, 4) is 0 Å². The van der Waals surface area contributed by atoms with Crippen LogP contribution in [0.5, 0.6) is 0 Å². The molecule has 2 nitrogen and oxygen atoms in total. The molecule has 1 amide bonds. The number of benzene rings is 2. The Morgan fingerprint density at radius 1 is 1.21 bits per heavy atom. The van der Waals surface area contributed by atoms with Crippen LogP contribution in [0.1, 0.15) is 15.9 Å². The van der Waals surface area contributed by atoms with E-state index in [1.54, 1.807) is 12.1 Å². The first kappa shape index (κ1) is 14.0. The SMILES string of the molecule is O=C(Nc1ccc(F)c(Cl)c1)c1ccc(CBr)cc1. The van der Waals surface area contributed by atoms with Crippen LogP contribution in [-0.4, -0.2) is 5.91 Å². The predicted molar refractivity (Wildman–Crippen MR) is 78.4 cm³/mol. The molecule has 0 fully saturated rings. The van der Waals surface area contributed by atoms with Crippen molar-refractivity contribution in [2.24, 2.45) is 0 Å². The van der Waals surface area contributed by atoms with Crippen LogP contribution in [-0.2, 0) is 5.33 Å². The molecule has 0 saturated carbocycles. The molecule has 0 aliphatic carbocycles. The number of carbonyl (C=O) groups excluding carboxylic acids is 1. The quantitative estimate of drug-likeness (QED) is 0.810. The van der Waals surface area contributed by atoms with Gasteiger partial charge in [-0.05, 0) is 35.9 Å². The third kappa shape index (κ3) is 3.55. The molecule has 19 heavy (non-hydrogen) atoms. The zero-order valence-electron chi connectivity index (χ0n) is 9.79. The first-order chi connectivity index (χ1) is 9.10. The molecule has 0 unspecified atom stereocenters. The number of amides is 1. The van der Waals surface area contributed by atoms with E-state index in [-0.39, 0.29) is 10.9 Å². The molecule has 0 aromatic heterocycles. The van der Waals surface area contributed by atoms with Crippen molar-refractivity contribution in [3.05, 3.63) is 64.4 Å². The van der Waals surface area contributed by atoms with E-state index in [1.807, 2.05) is 12.1 Å². The Kier molecular flexibility index (Phi) is 4.56. The lowest BCUT2D eigenvalue weighted by Gasteiger charge is -2.06. The van der Waals surface area contributed by atoms with E-state index in [0.717, 1.165) is 10.9 Å². The van der Waals surface area contributed by atoms with Crippen LogP contribution in [0.25, 0.3) is 0 Å². The van der Waals surface area contributed by atoms with Crippen LogP contribution >= 0.6 is 27.5 Å². The number of halogens is 3. The number of alkyl halides is 1. The Morgan fingerprint density at radius 3 is 2.47 bits per heavy atom. The van der Waals surface area contributed by atoms with Gasteiger partial charge in [0, 0.05) is 16.6 Å². The topological polar surface area (TPSA) is 29.1 Å². The average molecular weight is 343 g/mol. The lowest BCUT2D eigenvalue weighted by Crippen LogP contribution is -2.11. The molecule has 0 atom stereocenters. The maximum atomic E-state index is 13.0. The van der Waals surface area contributed by atoms with Crippen molar-refractivity contribution in [3.63, 3.8) is 0 Å². The summed E-state index contributed by atoms with van der Waals surface area (Å²) in [6.45, 7) is 0. The van der Waals surface area contributed by atoms with Gasteiger partial charge in [-0.2, -0.15) is 0 Å². The molecule has 0 aliphatic rings. The zero-order chi connectivity index (χ0) is 13.8. The number of hydrogen-bond donors (Lipinski definition) is 1. The molecule has 0 heterocycles. The van der Waals surface area contributed by atoms with Crippen molar-refractivity contribution in [2.45, 2.75) is 5.33 Å². The Hall–Kier alpha value is -1.39. The van der Waals surface area contributed by atoms with Gasteiger partial charge in [0.25, 0.3) is 5.91 Å². The predicted octanol–water partition coefficient (Wildman–Crippen LogP) is 4.63. The second-order valence-electron chi connectivity index (χ2n) is 3.91. The first-order valence-electron chi connectivity index (χ1n) is 5.51. The van der Waals surface area contributed by atoms with Gasteiger partial charge in [0.1, 0.15) is 5.82 Å². The van der Waals surface area contributed by atoms with Gasteiger partial charge in [0.05, 0.1) is 5.02 Å². The Bertz CT molecular complexity index is 601. The molecule has 0 radical (unpaired) electrons. The third-order valence-electron chi connectivity index (χ3n) is 2.55. The molecule has 2 aromatic rings. The van der Waals surface area contributed by atoms with Crippen LogP contribution in [0.3, 0.4) is 0 Å². The van der Waals surface area contributed by atoms with E-state index in [1.165, 1.54) is 18.2 Å². The lowest BCUT2D eigenvalue weighted by atomic mass is 10.1. The molecule has 0 bridgehead atoms. The highest BCUT2D eigenvalue weighted by atomic mass is 79.9. The summed E-state index contributed by atoms with van der Waals surface area (Å²) in [6.07, 6.45) is 0. The highest BCUT2D eigenvalue weighted by Crippen LogP contribution is 2.20. The van der Waals surface area contributed by atoms with E-state index in [0.29, 0.717) is 11.3 Å². The van der Waals surface area contributed by atoms with Crippen molar-refractivity contribution in [1.82, 2.24) is 0 Å². The summed E-state index contributed by atoms with van der Waals surface area (Å²) in [4.78, 5) is 12.0. The molecule has 0 spiro atoms. The van der Waals surface area contributed by atoms with Crippen molar-refractivity contribution >= 4 is 39.1 Å². The standard InChI is InChI=1S/C14H10BrClFNO/c15-8-9-1-3-10(4-2-9)14(19)18-11-5-6-13(17)12(16)7-11/h1-7H,8H2,(H,18,19). The van der Waals surface area contributed by atoms with Gasteiger partial charge >= 0.3 is 0 Å². The van der Waals surface area contributed by atoms with Gasteiger partial charge in [-0.1, -0.05) is 39.7 Å². The summed E-state index contributed by atoms with van der Waals surface area (Å²) in [5.41, 5.74) is 2.08. The highest BCUT2D eigenvalue weighted by molar-refractivity contribution is 9.08. The van der Waals surface area contributed by atoms with Crippen LogP contribution in [0, 0.1) is 5.82 Å². The fourth-order valence-electron chi connectivity index (χ4n) is 1.52. The van der Waals surface area contributed by atoms with Crippen molar-refractivity contribution in [1.29, 1.82) is 0 Å². The van der Waals surface area contributed by atoms with Gasteiger partial charge in [-0.3, -0.25) is 4.79 Å². The third-order valence-corrected chi connectivity index (χ3v) is 3.49. The first-order valence-corrected chi connectivity index (χ1v) is 7.01. The maximum Gasteiger partial charge on any atom is 0.255 e. The van der Waals surface area contributed by atoms with E-state index in [2.05, 4.69) is 21.2 Å². The summed E-state index contributed by atoms with van der Waals surface area (Å²) in [5.74, 6) is -0.773. The van der Waals surface area contributed by atoms with Crippen LogP contribution in [0.15, 0.2) is 42.5 Å². The summed E-state index contributed by atoms with van der Waals surface area (Å²) in [5, 5.41) is 3.38. The summed E-state index contributed by atoms with van der Waals surface area (Å²) < 4.78 is 13.0. The molecular formula is C14H10BrClFNO. The Balaban J connectivity index is 2.13. The average Bonchev–Trinajstić information content (AvgIpc) is 2.43. The van der Waals surface area contributed by atoms with Crippen LogP contribution in [0.2, 0.25) is 5.02 Å². The zero-order valence-corrected chi connectivity index (χ0v) is 12.1. The number of anilines is 1. The summed E-state index contributed by atoms with van der Waals surface area (Å²) in [7, 11) is 0. The van der Waals surface area contributed by atoms with E-state index >= 15 is 0 Å². The minimum atomic E-state index is -0.513. The molecule has 98 valence electrons. The van der Waals surface area contributed by atoms with Gasteiger partial charge in [0.2, 0.25) is 0 Å². The molecule has 2 aromatic carbocycles. The Labute approximate surface area is 123 Å². The number of rotatable bonds is 3. The van der Waals surface area contributed by atoms with Gasteiger partial charge in [-0.15, -0.1) is 0 Å². The van der Waals surface area contributed by atoms with E-state index in [4.69, 9.17) is 11.6 Å². The molecular weight excluding hydrogens is 333 g/mol. The summed E-state index contributed by atoms with van der Waals surface area (Å²) in [6, 6.07) is 11.2. The second kappa shape index (κ2) is 6.17. The monoisotopic (exact) mass is 341 g/mol. The molecule has 0 aliphatic heterocycles. The van der Waals surface area contributed by atoms with E-state index < -0.39 is 5.82 Å². The van der Waals surface area contributed by atoms with Crippen LogP contribution < -0.4 is 5.32 Å². The normalized spacial score (nSPS) is 10.3. The number of carbonyl (C=O) groups is 1. The smallest absolute Gasteiger partial charge is 0.255 e. The lowest BCUT2D eigenvalue weighted by molar-refractivity contribution is 0.102. The number of nitrogens with one attached hydrogen (secondary N) is 1. The fourth-order valence-corrected chi connectivity index (χ4v) is 2.08. The maximum absolute atomic E-state index is 13.0. The fraction of sp³-hybridized carbons (Fsp3) is 0.0714. The van der Waals surface area contributed by atoms with Gasteiger partial charge in [-0.25, -0.2) is 4.39 Å². The van der Waals surface area contributed by atoms with Crippen molar-refractivity contribution < 1.29 is 9.18 Å². The number of hydrogen-bond acceptors (Lipinski definition) is 1. The Morgan fingerprint density at radius 2 is 1.89 bits per heavy atom. The van der Waals surface area contributed by atoms with Crippen LogP contribution in [0.4, 0.5) is 10.1 Å². The molecule has 1 N–H and O–H groups in total. The molecule has 0 saturated heterocycles. The molecule has 5 heteroatoms. The highest BCUT2D eigenvalue weighted by Gasteiger charge is 2.07. The van der Waals surface area contributed by atoms with Gasteiger partial charge in [0.15, 0.2) is 0 Å². The minimum Gasteiger partial charge on any atom is -0.322 e. The van der Waals surface area contributed by atoms with Crippen molar-refractivity contribution in [2.75, 3.05) is 5.32 Å². The van der Waals surface area contributed by atoms with Gasteiger partial charge < -0.3 is 5.32 Å². The minimum absolute atomic E-state index is 0.0209. The molecule has 2 rings (SSSR count). The van der Waals surface area contributed by atoms with E-state index in [9.17, 15) is 9.18 Å². The second-order valence-corrected chi connectivity index (χ2v) is 4.88.